The second kappa shape index (κ2) is 9.07. The summed E-state index contributed by atoms with van der Waals surface area (Å²) in [6.45, 7) is 2.30. The second-order valence-electron chi connectivity index (χ2n) is 6.01. The van der Waals surface area contributed by atoms with Gasteiger partial charge in [0.2, 0.25) is 0 Å². The zero-order valence-electron chi connectivity index (χ0n) is 14.5. The molecule has 0 aliphatic heterocycles. The summed E-state index contributed by atoms with van der Waals surface area (Å²) in [6.07, 6.45) is 3.34. The van der Waals surface area contributed by atoms with Crippen LogP contribution in [0.1, 0.15) is 50.5 Å². The third-order valence-electron chi connectivity index (χ3n) is 4.22. The number of carbonyl (C=O) groups excluding carboxylic acids is 1. The molecule has 1 N–H and O–H groups in total. The van der Waals surface area contributed by atoms with Crippen LogP contribution in [0.4, 0.5) is 10.1 Å². The van der Waals surface area contributed by atoms with Crippen molar-refractivity contribution in [3.63, 3.8) is 0 Å². The first-order valence-corrected chi connectivity index (χ1v) is 8.45. The molecule has 8 heteroatoms. The molecular formula is C18H21FN2O5. The number of aliphatic hydroxyl groups is 1. The van der Waals surface area contributed by atoms with Crippen molar-refractivity contribution in [2.45, 2.75) is 44.9 Å². The predicted molar refractivity (Wildman–Crippen MR) is 93.7 cm³/mol. The molecule has 0 radical (unpaired) electrons. The average molecular weight is 364 g/mol. The lowest BCUT2D eigenvalue weighted by atomic mass is 9.81. The van der Waals surface area contributed by atoms with E-state index in [1.165, 1.54) is 0 Å². The molecule has 0 amide bonds. The van der Waals surface area contributed by atoms with E-state index in [2.05, 4.69) is 5.16 Å². The van der Waals surface area contributed by atoms with Gasteiger partial charge in [-0.05, 0) is 37.8 Å². The molecule has 7 nitrogen and oxygen atoms in total. The van der Waals surface area contributed by atoms with Gasteiger partial charge in [-0.25, -0.2) is 4.39 Å². The summed E-state index contributed by atoms with van der Waals surface area (Å²) in [7, 11) is 0. The number of ketones is 1. The number of aliphatic hydroxyl groups excluding tert-OH is 1. The third-order valence-corrected chi connectivity index (χ3v) is 4.22. The van der Waals surface area contributed by atoms with Crippen LogP contribution in [0.25, 0.3) is 0 Å². The van der Waals surface area contributed by atoms with Gasteiger partial charge in [0.15, 0.2) is 5.78 Å². The normalized spacial score (nSPS) is 17.8. The van der Waals surface area contributed by atoms with E-state index in [1.54, 1.807) is 6.21 Å². The molecule has 1 unspecified atom stereocenters. The Morgan fingerprint density at radius 1 is 1.46 bits per heavy atom. The second-order valence-corrected chi connectivity index (χ2v) is 6.01. The fourth-order valence-electron chi connectivity index (χ4n) is 2.95. The van der Waals surface area contributed by atoms with Gasteiger partial charge in [0.25, 0.3) is 5.69 Å². The first kappa shape index (κ1) is 19.6. The predicted octanol–water partition coefficient (Wildman–Crippen LogP) is 4.19. The van der Waals surface area contributed by atoms with Crippen molar-refractivity contribution in [3.05, 3.63) is 51.0 Å². The van der Waals surface area contributed by atoms with E-state index in [0.29, 0.717) is 31.4 Å². The van der Waals surface area contributed by atoms with Gasteiger partial charge in [-0.3, -0.25) is 14.9 Å². The molecule has 26 heavy (non-hydrogen) atoms. The summed E-state index contributed by atoms with van der Waals surface area (Å²) in [5.41, 5.74) is 0.190. The summed E-state index contributed by atoms with van der Waals surface area (Å²) in [6, 6.07) is 3.23. The molecule has 2 rings (SSSR count). The minimum atomic E-state index is -0.614. The Morgan fingerprint density at radius 3 is 2.88 bits per heavy atom. The van der Waals surface area contributed by atoms with Crippen LogP contribution in [0.15, 0.2) is 34.7 Å². The highest BCUT2D eigenvalue weighted by Crippen LogP contribution is 2.37. The van der Waals surface area contributed by atoms with Crippen molar-refractivity contribution in [1.82, 2.24) is 0 Å². The molecule has 1 atom stereocenters. The molecule has 1 aromatic carbocycles. The number of carbonyl (C=O) groups is 1. The van der Waals surface area contributed by atoms with E-state index in [4.69, 9.17) is 4.84 Å². The molecule has 0 saturated carbocycles. The minimum absolute atomic E-state index is 0.0184. The maximum absolute atomic E-state index is 14.1. The van der Waals surface area contributed by atoms with Crippen LogP contribution in [0, 0.1) is 15.9 Å². The van der Waals surface area contributed by atoms with Gasteiger partial charge in [-0.1, -0.05) is 5.16 Å². The monoisotopic (exact) mass is 364 g/mol. The van der Waals surface area contributed by atoms with Crippen LogP contribution < -0.4 is 0 Å². The molecule has 0 saturated heterocycles. The Bertz CT molecular complexity index is 745. The quantitative estimate of drug-likeness (QED) is 0.322. The number of nitro groups is 1. The van der Waals surface area contributed by atoms with E-state index in [1.807, 2.05) is 6.92 Å². The van der Waals surface area contributed by atoms with Crippen molar-refractivity contribution in [2.24, 2.45) is 5.16 Å². The summed E-state index contributed by atoms with van der Waals surface area (Å²) >= 11 is 0. The Kier molecular flexibility index (Phi) is 6.82. The van der Waals surface area contributed by atoms with E-state index in [0.717, 1.165) is 18.2 Å². The summed E-state index contributed by atoms with van der Waals surface area (Å²) in [4.78, 5) is 27.4. The fraction of sp³-hybridized carbons (Fsp3) is 0.444. The maximum Gasteiger partial charge on any atom is 0.269 e. The standard InChI is InChI=1S/C18H21FN2O5/c1-2-26-20-8-4-3-5-14-17(22)9-12(10-18(14)23)15-11-13(21(24)25)6-7-16(15)19/h6-8,11-12,22H,2-5,9-10H2,1H3. The molecule has 0 spiro atoms. The molecule has 1 aromatic rings. The van der Waals surface area contributed by atoms with Crippen LogP contribution in [0.3, 0.4) is 0 Å². The number of hydrogen-bond acceptors (Lipinski definition) is 6. The van der Waals surface area contributed by atoms with Crippen molar-refractivity contribution in [2.75, 3.05) is 6.61 Å². The van der Waals surface area contributed by atoms with Crippen LogP contribution >= 0.6 is 0 Å². The number of non-ortho nitro benzene ring substituents is 1. The summed E-state index contributed by atoms with van der Waals surface area (Å²) in [5, 5.41) is 24.8. The molecule has 1 aliphatic rings. The number of nitro benzene ring substituents is 1. The fourth-order valence-corrected chi connectivity index (χ4v) is 2.95. The minimum Gasteiger partial charge on any atom is -0.512 e. The van der Waals surface area contributed by atoms with E-state index >= 15 is 0 Å². The van der Waals surface area contributed by atoms with Gasteiger partial charge in [-0.2, -0.15) is 0 Å². The van der Waals surface area contributed by atoms with E-state index < -0.39 is 16.7 Å². The topological polar surface area (TPSA) is 102 Å². The largest absolute Gasteiger partial charge is 0.512 e. The molecule has 140 valence electrons. The molecule has 0 fully saturated rings. The van der Waals surface area contributed by atoms with E-state index in [9.17, 15) is 24.4 Å². The number of allylic oxidation sites excluding steroid dienone is 2. The van der Waals surface area contributed by atoms with Crippen LogP contribution in [0.2, 0.25) is 0 Å². The number of unbranched alkanes of at least 4 members (excludes halogenated alkanes) is 1. The lowest BCUT2D eigenvalue weighted by Gasteiger charge is -2.24. The average Bonchev–Trinajstić information content (AvgIpc) is 2.59. The van der Waals surface area contributed by atoms with Crippen molar-refractivity contribution in [3.8, 4) is 0 Å². The van der Waals surface area contributed by atoms with Crippen LogP contribution in [0.5, 0.6) is 0 Å². The Hall–Kier alpha value is -2.77. The smallest absolute Gasteiger partial charge is 0.269 e. The zero-order valence-corrected chi connectivity index (χ0v) is 14.5. The SMILES string of the molecule is CCON=CCCCC1=C(O)CC(c2cc([N+](=O)[O-])ccc2F)CC1=O. The number of benzene rings is 1. The van der Waals surface area contributed by atoms with Crippen LogP contribution in [-0.2, 0) is 9.63 Å². The first-order valence-electron chi connectivity index (χ1n) is 8.45. The Balaban J connectivity index is 2.07. The number of Topliss-reactive ketones (excluding diaryl/α,β-unsaturated/α-hetero) is 1. The highest BCUT2D eigenvalue weighted by molar-refractivity contribution is 5.97. The number of rotatable bonds is 8. The highest BCUT2D eigenvalue weighted by atomic mass is 19.1. The van der Waals surface area contributed by atoms with Gasteiger partial charge < -0.3 is 9.94 Å². The molecule has 0 bridgehead atoms. The van der Waals surface area contributed by atoms with Gasteiger partial charge >= 0.3 is 0 Å². The number of nitrogens with zero attached hydrogens (tertiary/aromatic N) is 2. The van der Waals surface area contributed by atoms with Gasteiger partial charge in [-0.15, -0.1) is 0 Å². The van der Waals surface area contributed by atoms with Crippen molar-refractivity contribution < 1.29 is 24.1 Å². The summed E-state index contributed by atoms with van der Waals surface area (Å²) in [5.74, 6) is -1.55. The molecular weight excluding hydrogens is 343 g/mol. The van der Waals surface area contributed by atoms with Gasteiger partial charge in [0, 0.05) is 42.7 Å². The number of oxime groups is 1. The summed E-state index contributed by atoms with van der Waals surface area (Å²) < 4.78 is 14.1. The Labute approximate surface area is 150 Å². The Morgan fingerprint density at radius 2 is 2.23 bits per heavy atom. The van der Waals surface area contributed by atoms with Gasteiger partial charge in [0.05, 0.1) is 10.7 Å². The zero-order chi connectivity index (χ0) is 19.1. The lowest BCUT2D eigenvalue weighted by molar-refractivity contribution is -0.385. The van der Waals surface area contributed by atoms with E-state index in [-0.39, 0.29) is 35.6 Å². The van der Waals surface area contributed by atoms with Gasteiger partial charge in [0.1, 0.15) is 12.4 Å². The maximum atomic E-state index is 14.1. The first-order chi connectivity index (χ1) is 12.4. The number of hydrogen-bond donors (Lipinski definition) is 1. The molecule has 0 aromatic heterocycles. The van der Waals surface area contributed by atoms with Crippen molar-refractivity contribution in [1.29, 1.82) is 0 Å². The van der Waals surface area contributed by atoms with Crippen LogP contribution in [-0.4, -0.2) is 28.6 Å². The third kappa shape index (κ3) is 4.87. The van der Waals surface area contributed by atoms with Crippen molar-refractivity contribution >= 4 is 17.7 Å². The molecule has 0 heterocycles. The lowest BCUT2D eigenvalue weighted by Crippen LogP contribution is -2.19. The number of halogens is 1. The molecule has 1 aliphatic carbocycles. The highest BCUT2D eigenvalue weighted by Gasteiger charge is 2.30.